The lowest BCUT2D eigenvalue weighted by molar-refractivity contribution is -0.147. The maximum Gasteiger partial charge on any atom is 0.251 e. The number of carbonyl (C=O) groups excluding carboxylic acids is 1. The highest BCUT2D eigenvalue weighted by Gasteiger charge is 2.51. The van der Waals surface area contributed by atoms with Gasteiger partial charge in [-0.05, 0) is 68.6 Å². The van der Waals surface area contributed by atoms with Crippen LogP contribution in [0.2, 0.25) is 0 Å². The van der Waals surface area contributed by atoms with Gasteiger partial charge in [-0.1, -0.05) is 0 Å². The molecule has 0 aliphatic heterocycles. The molecule has 4 bridgehead atoms. The standard InChI is InChI=1S/C18H31NO3/c1-13(22-5-4-21-3)17(20)19(2)12-18-9-14-6-15(10-18)8-16(7-14)11-18/h13-16H,4-12H2,1-3H3. The number of rotatable bonds is 7. The van der Waals surface area contributed by atoms with Crippen LogP contribution in [0, 0.1) is 23.2 Å². The molecule has 1 unspecified atom stereocenters. The van der Waals surface area contributed by atoms with Crippen molar-refractivity contribution in [2.45, 2.75) is 51.6 Å². The van der Waals surface area contributed by atoms with E-state index in [-0.39, 0.29) is 12.0 Å². The number of methoxy groups -OCH3 is 1. The van der Waals surface area contributed by atoms with Gasteiger partial charge in [-0.25, -0.2) is 0 Å². The van der Waals surface area contributed by atoms with Gasteiger partial charge in [-0.15, -0.1) is 0 Å². The van der Waals surface area contributed by atoms with Crippen LogP contribution in [0.5, 0.6) is 0 Å². The Bertz CT molecular complexity index is 374. The minimum Gasteiger partial charge on any atom is -0.382 e. The number of ether oxygens (including phenoxy) is 2. The van der Waals surface area contributed by atoms with E-state index >= 15 is 0 Å². The Kier molecular flexibility index (Phi) is 4.79. The molecule has 0 aromatic heterocycles. The molecule has 4 rings (SSSR count). The first-order valence-electron chi connectivity index (χ1n) is 8.87. The zero-order chi connectivity index (χ0) is 15.7. The van der Waals surface area contributed by atoms with Crippen molar-refractivity contribution in [3.05, 3.63) is 0 Å². The minimum atomic E-state index is -0.367. The number of hydrogen-bond donors (Lipinski definition) is 0. The Morgan fingerprint density at radius 1 is 1.14 bits per heavy atom. The van der Waals surface area contributed by atoms with Crippen LogP contribution in [0.3, 0.4) is 0 Å². The fourth-order valence-corrected chi connectivity index (χ4v) is 5.75. The van der Waals surface area contributed by atoms with Crippen LogP contribution < -0.4 is 0 Å². The monoisotopic (exact) mass is 309 g/mol. The maximum absolute atomic E-state index is 12.5. The predicted molar refractivity (Wildman–Crippen MR) is 85.5 cm³/mol. The maximum atomic E-state index is 12.5. The number of hydrogen-bond acceptors (Lipinski definition) is 3. The third-order valence-corrected chi connectivity index (χ3v) is 6.12. The highest BCUT2D eigenvalue weighted by molar-refractivity contribution is 5.80. The highest BCUT2D eigenvalue weighted by atomic mass is 16.5. The van der Waals surface area contributed by atoms with Crippen LogP contribution in [0.25, 0.3) is 0 Å². The van der Waals surface area contributed by atoms with E-state index in [0.717, 1.165) is 24.3 Å². The summed E-state index contributed by atoms with van der Waals surface area (Å²) in [5.74, 6) is 2.92. The molecule has 0 heterocycles. The molecular formula is C18H31NO3. The molecule has 0 spiro atoms. The van der Waals surface area contributed by atoms with Gasteiger partial charge in [-0.3, -0.25) is 4.79 Å². The van der Waals surface area contributed by atoms with E-state index in [1.54, 1.807) is 7.11 Å². The second-order valence-electron chi connectivity index (χ2n) is 8.12. The van der Waals surface area contributed by atoms with Crippen molar-refractivity contribution in [3.63, 3.8) is 0 Å². The Morgan fingerprint density at radius 2 is 1.68 bits per heavy atom. The fourth-order valence-electron chi connectivity index (χ4n) is 5.75. The molecule has 0 N–H and O–H groups in total. The first-order valence-corrected chi connectivity index (χ1v) is 8.87. The fraction of sp³-hybridized carbons (Fsp3) is 0.944. The van der Waals surface area contributed by atoms with Crippen LogP contribution in [0.15, 0.2) is 0 Å². The zero-order valence-corrected chi connectivity index (χ0v) is 14.3. The molecule has 4 fully saturated rings. The second-order valence-corrected chi connectivity index (χ2v) is 8.12. The molecule has 126 valence electrons. The topological polar surface area (TPSA) is 38.8 Å². The third-order valence-electron chi connectivity index (χ3n) is 6.12. The average molecular weight is 309 g/mol. The lowest BCUT2D eigenvalue weighted by atomic mass is 9.49. The summed E-state index contributed by atoms with van der Waals surface area (Å²) in [5.41, 5.74) is 0.408. The number of nitrogens with zero attached hydrogens (tertiary/aromatic N) is 1. The van der Waals surface area contributed by atoms with Gasteiger partial charge < -0.3 is 14.4 Å². The van der Waals surface area contributed by atoms with Crippen molar-refractivity contribution in [2.75, 3.05) is 33.9 Å². The quantitative estimate of drug-likeness (QED) is 0.679. The van der Waals surface area contributed by atoms with E-state index in [0.29, 0.717) is 18.6 Å². The molecule has 4 aliphatic rings. The predicted octanol–water partition coefficient (Wildman–Crippen LogP) is 2.71. The number of likely N-dealkylation sites (N-methyl/N-ethyl adjacent to an activating group) is 1. The lowest BCUT2D eigenvalue weighted by Crippen LogP contribution is -2.52. The first-order chi connectivity index (χ1) is 10.5. The summed E-state index contributed by atoms with van der Waals surface area (Å²) >= 11 is 0. The van der Waals surface area contributed by atoms with E-state index in [9.17, 15) is 4.79 Å². The molecule has 22 heavy (non-hydrogen) atoms. The largest absolute Gasteiger partial charge is 0.382 e. The van der Waals surface area contributed by atoms with Gasteiger partial charge in [0.2, 0.25) is 0 Å². The van der Waals surface area contributed by atoms with Crippen molar-refractivity contribution in [3.8, 4) is 0 Å². The SMILES string of the molecule is COCCOC(C)C(=O)N(C)CC12CC3CC(CC(C3)C1)C2. The molecule has 4 aliphatic carbocycles. The van der Waals surface area contributed by atoms with Crippen molar-refractivity contribution in [2.24, 2.45) is 23.2 Å². The second kappa shape index (κ2) is 6.48. The number of amides is 1. The molecule has 0 radical (unpaired) electrons. The van der Waals surface area contributed by atoms with Gasteiger partial charge in [0, 0.05) is 20.7 Å². The summed E-state index contributed by atoms with van der Waals surface area (Å²) in [6.45, 7) is 3.80. The molecule has 0 aromatic carbocycles. The molecule has 1 amide bonds. The van der Waals surface area contributed by atoms with Crippen molar-refractivity contribution in [1.29, 1.82) is 0 Å². The average Bonchev–Trinajstić information content (AvgIpc) is 2.44. The van der Waals surface area contributed by atoms with Crippen LogP contribution in [-0.4, -0.2) is 50.8 Å². The Balaban J connectivity index is 1.55. The van der Waals surface area contributed by atoms with E-state index in [1.807, 2.05) is 18.9 Å². The first kappa shape index (κ1) is 16.3. The van der Waals surface area contributed by atoms with Gasteiger partial charge in [0.05, 0.1) is 13.2 Å². The van der Waals surface area contributed by atoms with Crippen LogP contribution in [0.1, 0.15) is 45.4 Å². The van der Waals surface area contributed by atoms with E-state index < -0.39 is 0 Å². The molecule has 4 nitrogen and oxygen atoms in total. The van der Waals surface area contributed by atoms with Crippen LogP contribution in [-0.2, 0) is 14.3 Å². The van der Waals surface area contributed by atoms with Crippen LogP contribution >= 0.6 is 0 Å². The normalized spacial score (nSPS) is 37.3. The number of carbonyl (C=O) groups is 1. The lowest BCUT2D eigenvalue weighted by Gasteiger charge is -2.57. The van der Waals surface area contributed by atoms with E-state index in [1.165, 1.54) is 38.5 Å². The summed E-state index contributed by atoms with van der Waals surface area (Å²) < 4.78 is 10.5. The summed E-state index contributed by atoms with van der Waals surface area (Å²) in [6, 6.07) is 0. The van der Waals surface area contributed by atoms with Gasteiger partial charge >= 0.3 is 0 Å². The Labute approximate surface area is 134 Å². The summed E-state index contributed by atoms with van der Waals surface area (Å²) in [7, 11) is 3.60. The molecule has 0 saturated heterocycles. The molecule has 1 atom stereocenters. The van der Waals surface area contributed by atoms with Gasteiger partial charge in [0.25, 0.3) is 5.91 Å². The summed E-state index contributed by atoms with van der Waals surface area (Å²) in [4.78, 5) is 14.5. The molecule has 4 heteroatoms. The summed E-state index contributed by atoms with van der Waals surface area (Å²) in [6.07, 6.45) is 8.02. The minimum absolute atomic E-state index is 0.117. The zero-order valence-electron chi connectivity index (χ0n) is 14.3. The summed E-state index contributed by atoms with van der Waals surface area (Å²) in [5, 5.41) is 0. The Morgan fingerprint density at radius 3 is 2.18 bits per heavy atom. The van der Waals surface area contributed by atoms with Crippen LogP contribution in [0.4, 0.5) is 0 Å². The van der Waals surface area contributed by atoms with E-state index in [4.69, 9.17) is 9.47 Å². The molecule has 0 aromatic rings. The van der Waals surface area contributed by atoms with Crippen molar-refractivity contribution in [1.82, 2.24) is 4.90 Å². The van der Waals surface area contributed by atoms with Gasteiger partial charge in [0.15, 0.2) is 0 Å². The van der Waals surface area contributed by atoms with E-state index in [2.05, 4.69) is 0 Å². The van der Waals surface area contributed by atoms with Crippen molar-refractivity contribution >= 4 is 5.91 Å². The molecular weight excluding hydrogens is 278 g/mol. The Hall–Kier alpha value is -0.610. The van der Waals surface area contributed by atoms with Gasteiger partial charge in [0.1, 0.15) is 6.10 Å². The smallest absolute Gasteiger partial charge is 0.251 e. The van der Waals surface area contributed by atoms with Crippen molar-refractivity contribution < 1.29 is 14.3 Å². The molecule has 4 saturated carbocycles. The van der Waals surface area contributed by atoms with Gasteiger partial charge in [-0.2, -0.15) is 0 Å². The highest BCUT2D eigenvalue weighted by Crippen LogP contribution is 2.60. The third kappa shape index (κ3) is 3.33.